The lowest BCUT2D eigenvalue weighted by Crippen LogP contribution is -2.31. The summed E-state index contributed by atoms with van der Waals surface area (Å²) < 4.78 is 5.24. The topological polar surface area (TPSA) is 46.3 Å². The Balaban J connectivity index is 2.27. The van der Waals surface area contributed by atoms with Crippen LogP contribution in [-0.4, -0.2) is 23.5 Å². The number of carbonyl (C=O) groups is 1. The van der Waals surface area contributed by atoms with Gasteiger partial charge in [-0.3, -0.25) is 9.69 Å². The molecule has 19 heavy (non-hydrogen) atoms. The Hall–Kier alpha value is -1.52. The first kappa shape index (κ1) is 13.9. The molecule has 0 aliphatic heterocycles. The van der Waals surface area contributed by atoms with Gasteiger partial charge in [-0.25, -0.2) is 0 Å². The van der Waals surface area contributed by atoms with E-state index in [0.29, 0.717) is 23.1 Å². The molecule has 0 N–H and O–H groups in total. The van der Waals surface area contributed by atoms with Gasteiger partial charge in [0.05, 0.1) is 0 Å². The van der Waals surface area contributed by atoms with E-state index in [2.05, 4.69) is 5.16 Å². The van der Waals surface area contributed by atoms with E-state index >= 15 is 0 Å². The van der Waals surface area contributed by atoms with E-state index in [1.54, 1.807) is 18.2 Å². The average Bonchev–Trinajstić information content (AvgIpc) is 2.89. The minimum atomic E-state index is -0.208. The summed E-state index contributed by atoms with van der Waals surface area (Å²) in [6.07, 6.45) is 0. The van der Waals surface area contributed by atoms with Crippen molar-refractivity contribution in [1.82, 2.24) is 5.16 Å². The molecule has 0 fully saturated rings. The summed E-state index contributed by atoms with van der Waals surface area (Å²) in [4.78, 5) is 13.1. The number of halogens is 2. The van der Waals surface area contributed by atoms with Gasteiger partial charge in [0.2, 0.25) is 5.91 Å². The molecular formula is C13H12Cl2N2O2. The number of benzene rings is 1. The number of nitrogens with zero attached hydrogens (tertiary/aromatic N) is 2. The molecule has 4 nitrogen and oxygen atoms in total. The van der Waals surface area contributed by atoms with Crippen molar-refractivity contribution in [3.63, 3.8) is 0 Å². The highest BCUT2D eigenvalue weighted by atomic mass is 35.5. The standard InChI is InChI=1S/C13H12Cl2N2O2/c1-2-17(13(18)8-14)12-7-11(19-16-12)9-3-5-10(15)6-4-9/h3-7H,2,8H2,1H3. The van der Waals surface area contributed by atoms with E-state index in [0.717, 1.165) is 5.56 Å². The van der Waals surface area contributed by atoms with Crippen LogP contribution in [0.4, 0.5) is 5.82 Å². The lowest BCUT2D eigenvalue weighted by Gasteiger charge is -2.15. The van der Waals surface area contributed by atoms with Crippen LogP contribution in [-0.2, 0) is 4.79 Å². The fourth-order valence-corrected chi connectivity index (χ4v) is 1.95. The molecule has 100 valence electrons. The zero-order valence-electron chi connectivity index (χ0n) is 10.3. The SMILES string of the molecule is CCN(C(=O)CCl)c1cc(-c2ccc(Cl)cc2)on1. The van der Waals surface area contributed by atoms with Crippen LogP contribution in [0.3, 0.4) is 0 Å². The molecule has 2 rings (SSSR count). The highest BCUT2D eigenvalue weighted by molar-refractivity contribution is 6.30. The smallest absolute Gasteiger partial charge is 0.243 e. The second-order valence-corrected chi connectivity index (χ2v) is 4.53. The number of hydrogen-bond acceptors (Lipinski definition) is 3. The highest BCUT2D eigenvalue weighted by Crippen LogP contribution is 2.25. The van der Waals surface area contributed by atoms with E-state index in [1.807, 2.05) is 19.1 Å². The largest absolute Gasteiger partial charge is 0.354 e. The molecule has 6 heteroatoms. The van der Waals surface area contributed by atoms with Crippen LogP contribution < -0.4 is 4.90 Å². The van der Waals surface area contributed by atoms with Gasteiger partial charge in [0, 0.05) is 23.2 Å². The van der Waals surface area contributed by atoms with Gasteiger partial charge in [0.1, 0.15) is 5.88 Å². The predicted octanol–water partition coefficient (Wildman–Crippen LogP) is 3.59. The fourth-order valence-electron chi connectivity index (χ4n) is 1.68. The van der Waals surface area contributed by atoms with Crippen molar-refractivity contribution in [2.45, 2.75) is 6.92 Å². The lowest BCUT2D eigenvalue weighted by molar-refractivity contribution is -0.116. The molecule has 0 saturated carbocycles. The van der Waals surface area contributed by atoms with Gasteiger partial charge < -0.3 is 4.52 Å². The number of alkyl halides is 1. The zero-order chi connectivity index (χ0) is 13.8. The van der Waals surface area contributed by atoms with Crippen molar-refractivity contribution in [2.24, 2.45) is 0 Å². The van der Waals surface area contributed by atoms with Gasteiger partial charge >= 0.3 is 0 Å². The monoisotopic (exact) mass is 298 g/mol. The molecule has 0 bridgehead atoms. The second-order valence-electron chi connectivity index (χ2n) is 3.83. The Labute approximate surface area is 120 Å². The number of anilines is 1. The van der Waals surface area contributed by atoms with E-state index in [1.165, 1.54) is 4.90 Å². The molecule has 0 radical (unpaired) electrons. The van der Waals surface area contributed by atoms with E-state index in [9.17, 15) is 4.79 Å². The van der Waals surface area contributed by atoms with Crippen LogP contribution in [0.5, 0.6) is 0 Å². The maximum absolute atomic E-state index is 11.6. The van der Waals surface area contributed by atoms with Crippen molar-refractivity contribution in [3.05, 3.63) is 35.4 Å². The minimum absolute atomic E-state index is 0.0863. The number of hydrogen-bond donors (Lipinski definition) is 0. The second kappa shape index (κ2) is 6.08. The van der Waals surface area contributed by atoms with Crippen LogP contribution in [0.15, 0.2) is 34.9 Å². The van der Waals surface area contributed by atoms with Gasteiger partial charge in [-0.1, -0.05) is 16.8 Å². The van der Waals surface area contributed by atoms with Crippen LogP contribution >= 0.6 is 23.2 Å². The van der Waals surface area contributed by atoms with Gasteiger partial charge in [-0.2, -0.15) is 0 Å². The zero-order valence-corrected chi connectivity index (χ0v) is 11.8. The molecule has 2 aromatic rings. The summed E-state index contributed by atoms with van der Waals surface area (Å²) in [5.74, 6) is 0.738. The number of carbonyl (C=O) groups excluding carboxylic acids is 1. The quantitative estimate of drug-likeness (QED) is 0.811. The Morgan fingerprint density at radius 1 is 1.37 bits per heavy atom. The van der Waals surface area contributed by atoms with Gasteiger partial charge in [0.15, 0.2) is 11.6 Å². The summed E-state index contributed by atoms with van der Waals surface area (Å²) in [6.45, 7) is 2.33. The molecule has 0 atom stereocenters. The lowest BCUT2D eigenvalue weighted by atomic mass is 10.2. The maximum Gasteiger partial charge on any atom is 0.243 e. The van der Waals surface area contributed by atoms with E-state index in [4.69, 9.17) is 27.7 Å². The van der Waals surface area contributed by atoms with Crippen LogP contribution in [0.25, 0.3) is 11.3 Å². The van der Waals surface area contributed by atoms with Gasteiger partial charge in [0.25, 0.3) is 0 Å². The van der Waals surface area contributed by atoms with Gasteiger partial charge in [-0.15, -0.1) is 11.6 Å². The minimum Gasteiger partial charge on any atom is -0.354 e. The summed E-state index contributed by atoms with van der Waals surface area (Å²) in [5, 5.41) is 4.54. The maximum atomic E-state index is 11.6. The molecule has 0 saturated heterocycles. The molecule has 1 aromatic carbocycles. The van der Waals surface area contributed by atoms with Crippen molar-refractivity contribution in [3.8, 4) is 11.3 Å². The highest BCUT2D eigenvalue weighted by Gasteiger charge is 2.17. The first-order valence-corrected chi connectivity index (χ1v) is 6.66. The first-order valence-electron chi connectivity index (χ1n) is 5.74. The van der Waals surface area contributed by atoms with E-state index in [-0.39, 0.29) is 11.8 Å². The Morgan fingerprint density at radius 2 is 2.05 bits per heavy atom. The van der Waals surface area contributed by atoms with Crippen molar-refractivity contribution < 1.29 is 9.32 Å². The summed E-state index contributed by atoms with van der Waals surface area (Å²) in [6, 6.07) is 8.89. The number of aromatic nitrogens is 1. The van der Waals surface area contributed by atoms with E-state index < -0.39 is 0 Å². The molecule has 1 heterocycles. The Bertz CT molecular complexity index is 566. The van der Waals surface area contributed by atoms with Crippen LogP contribution in [0, 0.1) is 0 Å². The van der Waals surface area contributed by atoms with Crippen molar-refractivity contribution >= 4 is 34.9 Å². The third-order valence-corrected chi connectivity index (χ3v) is 3.12. The first-order chi connectivity index (χ1) is 9.15. The average molecular weight is 299 g/mol. The molecule has 1 amide bonds. The fraction of sp³-hybridized carbons (Fsp3) is 0.231. The molecule has 0 spiro atoms. The molecule has 1 aromatic heterocycles. The van der Waals surface area contributed by atoms with Gasteiger partial charge in [-0.05, 0) is 31.2 Å². The summed E-state index contributed by atoms with van der Waals surface area (Å²) in [7, 11) is 0. The Morgan fingerprint density at radius 3 is 2.63 bits per heavy atom. The molecule has 0 aliphatic rings. The molecular weight excluding hydrogens is 287 g/mol. The van der Waals surface area contributed by atoms with Crippen molar-refractivity contribution in [1.29, 1.82) is 0 Å². The van der Waals surface area contributed by atoms with Crippen molar-refractivity contribution in [2.75, 3.05) is 17.3 Å². The predicted molar refractivity (Wildman–Crippen MR) is 75.7 cm³/mol. The molecule has 0 unspecified atom stereocenters. The third kappa shape index (κ3) is 3.08. The summed E-state index contributed by atoms with van der Waals surface area (Å²) in [5.41, 5.74) is 0.845. The van der Waals surface area contributed by atoms with Crippen LogP contribution in [0.2, 0.25) is 5.02 Å². The normalized spacial score (nSPS) is 10.5. The Kier molecular flexibility index (Phi) is 4.45. The van der Waals surface area contributed by atoms with Crippen LogP contribution in [0.1, 0.15) is 6.92 Å². The number of rotatable bonds is 4. The number of amides is 1. The summed E-state index contributed by atoms with van der Waals surface area (Å²) >= 11 is 11.4. The third-order valence-electron chi connectivity index (χ3n) is 2.63. The molecule has 0 aliphatic carbocycles.